The summed E-state index contributed by atoms with van der Waals surface area (Å²) in [4.78, 5) is 23.1. The quantitative estimate of drug-likeness (QED) is 0.345. The second-order valence-electron chi connectivity index (χ2n) is 6.14. The molecule has 0 unspecified atom stereocenters. The van der Waals surface area contributed by atoms with Crippen LogP contribution in [0.4, 0.5) is 0 Å². The molecule has 0 spiro atoms. The van der Waals surface area contributed by atoms with Crippen LogP contribution < -0.4 is 9.47 Å². The Morgan fingerprint density at radius 2 is 1.04 bits per heavy atom. The SMILES string of the molecule is O=C1CCc2c(cc(O)c(O)c2-c2c(O)c(O)cc3c2CCC(=O)O3)O1. The number of rotatable bonds is 1. The van der Waals surface area contributed by atoms with E-state index in [9.17, 15) is 30.0 Å². The van der Waals surface area contributed by atoms with Gasteiger partial charge in [-0.15, -0.1) is 0 Å². The van der Waals surface area contributed by atoms with Crippen LogP contribution in [0.2, 0.25) is 0 Å². The number of aromatic hydroxyl groups is 4. The summed E-state index contributed by atoms with van der Waals surface area (Å²) < 4.78 is 10.2. The van der Waals surface area contributed by atoms with Crippen LogP contribution in [-0.2, 0) is 22.4 Å². The fraction of sp³-hybridized carbons (Fsp3) is 0.222. The molecule has 2 aromatic rings. The molecule has 134 valence electrons. The molecule has 0 radical (unpaired) electrons. The molecule has 2 aliphatic rings. The van der Waals surface area contributed by atoms with Gasteiger partial charge >= 0.3 is 11.9 Å². The molecule has 8 heteroatoms. The zero-order chi connectivity index (χ0) is 18.6. The summed E-state index contributed by atoms with van der Waals surface area (Å²) in [5, 5.41) is 41.0. The van der Waals surface area contributed by atoms with E-state index >= 15 is 0 Å². The normalized spacial score (nSPS) is 15.7. The van der Waals surface area contributed by atoms with Gasteiger partial charge in [-0.25, -0.2) is 0 Å². The first kappa shape index (κ1) is 16.1. The van der Waals surface area contributed by atoms with Crippen LogP contribution in [0.3, 0.4) is 0 Å². The zero-order valence-electron chi connectivity index (χ0n) is 13.4. The van der Waals surface area contributed by atoms with Gasteiger partial charge in [-0.05, 0) is 12.8 Å². The highest BCUT2D eigenvalue weighted by Gasteiger charge is 2.32. The Balaban J connectivity index is 2.06. The molecule has 0 aliphatic carbocycles. The zero-order valence-corrected chi connectivity index (χ0v) is 13.4. The maximum atomic E-state index is 11.5. The van der Waals surface area contributed by atoms with Crippen molar-refractivity contribution in [3.05, 3.63) is 23.3 Å². The molecule has 0 amide bonds. The molecular weight excluding hydrogens is 344 g/mol. The van der Waals surface area contributed by atoms with Crippen LogP contribution in [0.1, 0.15) is 24.0 Å². The van der Waals surface area contributed by atoms with Gasteiger partial charge in [0.2, 0.25) is 0 Å². The van der Waals surface area contributed by atoms with E-state index in [4.69, 9.17) is 9.47 Å². The standard InChI is InChI=1S/C18H14O8/c19-9-5-11-7(1-3-13(21)25-11)15(17(9)23)16-8-2-4-14(22)26-12(8)6-10(20)18(16)24/h5-6,19-20,23-24H,1-4H2. The summed E-state index contributed by atoms with van der Waals surface area (Å²) in [6.45, 7) is 0. The van der Waals surface area contributed by atoms with Crippen molar-refractivity contribution >= 4 is 11.9 Å². The Bertz CT molecular complexity index is 897. The van der Waals surface area contributed by atoms with Crippen molar-refractivity contribution in [2.45, 2.75) is 25.7 Å². The molecule has 0 bridgehead atoms. The summed E-state index contributed by atoms with van der Waals surface area (Å²) in [6, 6.07) is 2.25. The fourth-order valence-electron chi connectivity index (χ4n) is 3.37. The second-order valence-corrected chi connectivity index (χ2v) is 6.14. The minimum absolute atomic E-state index is 0.0371. The summed E-state index contributed by atoms with van der Waals surface area (Å²) >= 11 is 0. The number of esters is 2. The highest BCUT2D eigenvalue weighted by atomic mass is 16.5. The lowest BCUT2D eigenvalue weighted by molar-refractivity contribution is -0.136. The molecule has 4 rings (SSSR count). The molecule has 8 nitrogen and oxygen atoms in total. The molecule has 2 aliphatic heterocycles. The van der Waals surface area contributed by atoms with E-state index in [0.717, 1.165) is 12.1 Å². The molecule has 0 fully saturated rings. The van der Waals surface area contributed by atoms with Crippen LogP contribution in [0.25, 0.3) is 11.1 Å². The van der Waals surface area contributed by atoms with Crippen LogP contribution in [0, 0.1) is 0 Å². The Kier molecular flexibility index (Phi) is 3.43. The van der Waals surface area contributed by atoms with Gasteiger partial charge in [0.25, 0.3) is 0 Å². The third-order valence-electron chi connectivity index (χ3n) is 4.55. The first-order chi connectivity index (χ1) is 12.4. The van der Waals surface area contributed by atoms with Crippen molar-refractivity contribution in [3.8, 4) is 45.6 Å². The minimum Gasteiger partial charge on any atom is -0.504 e. The predicted octanol–water partition coefficient (Wildman–Crippen LogP) is 1.88. The monoisotopic (exact) mass is 358 g/mol. The van der Waals surface area contributed by atoms with Gasteiger partial charge in [0.15, 0.2) is 23.0 Å². The molecular formula is C18H14O8. The van der Waals surface area contributed by atoms with E-state index in [1.165, 1.54) is 0 Å². The maximum absolute atomic E-state index is 11.5. The molecule has 0 saturated heterocycles. The number of hydrogen-bond acceptors (Lipinski definition) is 8. The van der Waals surface area contributed by atoms with Gasteiger partial charge < -0.3 is 29.9 Å². The van der Waals surface area contributed by atoms with Gasteiger partial charge in [0.05, 0.1) is 12.8 Å². The third kappa shape index (κ3) is 2.30. The lowest BCUT2D eigenvalue weighted by atomic mass is 9.87. The third-order valence-corrected chi connectivity index (χ3v) is 4.55. The highest BCUT2D eigenvalue weighted by molar-refractivity contribution is 5.91. The molecule has 4 N–H and O–H groups in total. The predicted molar refractivity (Wildman–Crippen MR) is 86.4 cm³/mol. The largest absolute Gasteiger partial charge is 0.504 e. The minimum atomic E-state index is -0.544. The van der Waals surface area contributed by atoms with E-state index in [1.807, 2.05) is 0 Å². The van der Waals surface area contributed by atoms with Crippen molar-refractivity contribution in [1.29, 1.82) is 0 Å². The Morgan fingerprint density at radius 1 is 0.654 bits per heavy atom. The molecule has 0 atom stereocenters. The Morgan fingerprint density at radius 3 is 1.42 bits per heavy atom. The summed E-state index contributed by atoms with van der Waals surface area (Å²) in [7, 11) is 0. The number of carbonyl (C=O) groups is 2. The Labute approximate surface area is 146 Å². The van der Waals surface area contributed by atoms with Crippen molar-refractivity contribution in [2.75, 3.05) is 0 Å². The van der Waals surface area contributed by atoms with E-state index in [2.05, 4.69) is 0 Å². The smallest absolute Gasteiger partial charge is 0.311 e. The van der Waals surface area contributed by atoms with Crippen molar-refractivity contribution in [3.63, 3.8) is 0 Å². The fourth-order valence-corrected chi connectivity index (χ4v) is 3.37. The number of phenolic OH excluding ortho intramolecular Hbond substituents is 4. The summed E-state index contributed by atoms with van der Waals surface area (Å²) in [5.41, 5.74) is 0.880. The highest BCUT2D eigenvalue weighted by Crippen LogP contribution is 2.53. The second kappa shape index (κ2) is 5.55. The van der Waals surface area contributed by atoms with E-state index in [1.54, 1.807) is 0 Å². The summed E-state index contributed by atoms with van der Waals surface area (Å²) in [5.74, 6) is -2.97. The maximum Gasteiger partial charge on any atom is 0.311 e. The number of hydrogen-bond donors (Lipinski definition) is 4. The van der Waals surface area contributed by atoms with Gasteiger partial charge in [0, 0.05) is 34.4 Å². The van der Waals surface area contributed by atoms with Crippen LogP contribution in [-0.4, -0.2) is 32.4 Å². The lowest BCUT2D eigenvalue weighted by Crippen LogP contribution is -2.18. The van der Waals surface area contributed by atoms with E-state index in [-0.39, 0.29) is 48.3 Å². The van der Waals surface area contributed by atoms with Crippen molar-refractivity contribution in [2.24, 2.45) is 0 Å². The van der Waals surface area contributed by atoms with Crippen molar-refractivity contribution < 1.29 is 39.5 Å². The van der Waals surface area contributed by atoms with Gasteiger partial charge in [0.1, 0.15) is 11.5 Å². The number of phenols is 4. The average molecular weight is 358 g/mol. The molecule has 2 heterocycles. The first-order valence-corrected chi connectivity index (χ1v) is 7.94. The van der Waals surface area contributed by atoms with E-state index < -0.39 is 34.9 Å². The number of benzene rings is 2. The number of ether oxygens (including phenoxy) is 2. The molecule has 0 saturated carbocycles. The van der Waals surface area contributed by atoms with Crippen LogP contribution in [0.5, 0.6) is 34.5 Å². The van der Waals surface area contributed by atoms with Crippen molar-refractivity contribution in [1.82, 2.24) is 0 Å². The number of carbonyl (C=O) groups excluding carboxylic acids is 2. The van der Waals surface area contributed by atoms with Crippen LogP contribution >= 0.6 is 0 Å². The van der Waals surface area contributed by atoms with Crippen LogP contribution in [0.15, 0.2) is 12.1 Å². The average Bonchev–Trinajstić information content (AvgIpc) is 2.58. The van der Waals surface area contributed by atoms with Gasteiger partial charge in [-0.1, -0.05) is 0 Å². The topological polar surface area (TPSA) is 134 Å². The lowest BCUT2D eigenvalue weighted by Gasteiger charge is -2.25. The number of fused-ring (bicyclic) bond motifs is 2. The molecule has 26 heavy (non-hydrogen) atoms. The first-order valence-electron chi connectivity index (χ1n) is 7.94. The Hall–Kier alpha value is -3.42. The molecule has 2 aromatic carbocycles. The van der Waals surface area contributed by atoms with Gasteiger partial charge in [-0.3, -0.25) is 9.59 Å². The molecule has 0 aromatic heterocycles. The summed E-state index contributed by atoms with van der Waals surface area (Å²) in [6.07, 6.45) is 0.532. The van der Waals surface area contributed by atoms with Gasteiger partial charge in [-0.2, -0.15) is 0 Å². The van der Waals surface area contributed by atoms with E-state index in [0.29, 0.717) is 11.1 Å².